The fraction of sp³-hybridized carbons (Fsp3) is 0.300. The first-order chi connectivity index (χ1) is 12.7. The van der Waals surface area contributed by atoms with E-state index in [1.807, 2.05) is 48.5 Å². The Morgan fingerprint density at radius 3 is 2.73 bits per heavy atom. The van der Waals surface area contributed by atoms with Crippen LogP contribution in [0.5, 0.6) is 0 Å². The van der Waals surface area contributed by atoms with E-state index in [4.69, 9.17) is 4.74 Å². The van der Waals surface area contributed by atoms with Crippen LogP contribution in [0.25, 0.3) is 22.4 Å². The molecule has 3 N–H and O–H groups in total. The molecule has 2 heterocycles. The molecule has 0 spiro atoms. The molecule has 6 heteroatoms. The molecule has 3 aromatic rings. The molecule has 0 radical (unpaired) electrons. The van der Waals surface area contributed by atoms with Crippen molar-refractivity contribution in [3.8, 4) is 11.4 Å². The van der Waals surface area contributed by atoms with Gasteiger partial charge in [-0.3, -0.25) is 4.79 Å². The Hall–Kier alpha value is -2.70. The van der Waals surface area contributed by atoms with Crippen LogP contribution in [0.2, 0.25) is 0 Å². The number of benzene rings is 2. The largest absolute Gasteiger partial charge is 0.368 e. The maximum atomic E-state index is 12.8. The number of rotatable bonds is 4. The number of methoxy groups -OCH3 is 1. The second-order valence-corrected chi connectivity index (χ2v) is 6.59. The van der Waals surface area contributed by atoms with E-state index in [2.05, 4.69) is 20.6 Å². The molecule has 26 heavy (non-hydrogen) atoms. The predicted octanol–water partition coefficient (Wildman–Crippen LogP) is 2.94. The number of anilines is 1. The van der Waals surface area contributed by atoms with Gasteiger partial charge in [0.15, 0.2) is 0 Å². The van der Waals surface area contributed by atoms with Crippen molar-refractivity contribution >= 4 is 22.6 Å². The minimum absolute atomic E-state index is 0.0942. The van der Waals surface area contributed by atoms with E-state index >= 15 is 0 Å². The van der Waals surface area contributed by atoms with Crippen molar-refractivity contribution in [3.63, 3.8) is 0 Å². The quantitative estimate of drug-likeness (QED) is 0.676. The van der Waals surface area contributed by atoms with Gasteiger partial charge in [0.1, 0.15) is 11.4 Å². The highest BCUT2D eigenvalue weighted by Gasteiger charge is 2.39. The van der Waals surface area contributed by atoms with Gasteiger partial charge in [-0.1, -0.05) is 24.3 Å². The molecule has 0 unspecified atom stereocenters. The van der Waals surface area contributed by atoms with Gasteiger partial charge in [-0.2, -0.15) is 0 Å². The summed E-state index contributed by atoms with van der Waals surface area (Å²) in [4.78, 5) is 20.8. The Balaban J connectivity index is 1.58. The summed E-state index contributed by atoms with van der Waals surface area (Å²) in [6.45, 7) is 1.56. The average molecular weight is 350 g/mol. The number of piperidine rings is 1. The lowest BCUT2D eigenvalue weighted by atomic mass is 9.91. The lowest BCUT2D eigenvalue weighted by molar-refractivity contribution is -0.140. The second kappa shape index (κ2) is 6.90. The number of ether oxygens (including phenoxy) is 1. The predicted molar refractivity (Wildman–Crippen MR) is 102 cm³/mol. The van der Waals surface area contributed by atoms with E-state index in [9.17, 15) is 4.79 Å². The highest BCUT2D eigenvalue weighted by Crippen LogP contribution is 2.27. The number of aromatic amines is 1. The Labute approximate surface area is 152 Å². The molecule has 1 amide bonds. The molecule has 1 aromatic heterocycles. The maximum Gasteiger partial charge on any atom is 0.256 e. The standard InChI is InChI=1S/C20H22N4O2/c1-26-20(9-11-21-12-10-20)19(25)22-15-6-4-5-14(13-15)18-23-16-7-2-3-8-17(16)24-18/h2-8,13,21H,9-12H2,1H3,(H,22,25)(H,23,24). The highest BCUT2D eigenvalue weighted by molar-refractivity contribution is 5.98. The number of para-hydroxylation sites is 2. The zero-order chi connectivity index (χ0) is 18.0. The minimum Gasteiger partial charge on any atom is -0.368 e. The lowest BCUT2D eigenvalue weighted by Gasteiger charge is -2.34. The van der Waals surface area contributed by atoms with Crippen LogP contribution >= 0.6 is 0 Å². The number of imidazole rings is 1. The molecule has 1 fully saturated rings. The van der Waals surface area contributed by atoms with Crippen molar-refractivity contribution in [1.82, 2.24) is 15.3 Å². The van der Waals surface area contributed by atoms with Gasteiger partial charge in [-0.25, -0.2) is 4.98 Å². The molecule has 0 atom stereocenters. The van der Waals surface area contributed by atoms with Crippen molar-refractivity contribution in [3.05, 3.63) is 48.5 Å². The Kier molecular flexibility index (Phi) is 4.44. The van der Waals surface area contributed by atoms with Crippen LogP contribution in [0, 0.1) is 0 Å². The second-order valence-electron chi connectivity index (χ2n) is 6.59. The van der Waals surface area contributed by atoms with E-state index in [1.54, 1.807) is 7.11 Å². The maximum absolute atomic E-state index is 12.8. The molecule has 1 aliphatic rings. The molecule has 4 rings (SSSR count). The molecule has 0 bridgehead atoms. The van der Waals surface area contributed by atoms with Gasteiger partial charge in [0.2, 0.25) is 0 Å². The van der Waals surface area contributed by atoms with Gasteiger partial charge in [0.25, 0.3) is 5.91 Å². The van der Waals surface area contributed by atoms with Crippen molar-refractivity contribution in [2.24, 2.45) is 0 Å². The molecule has 134 valence electrons. The zero-order valence-electron chi connectivity index (χ0n) is 14.7. The van der Waals surface area contributed by atoms with Crippen LogP contribution in [0.3, 0.4) is 0 Å². The highest BCUT2D eigenvalue weighted by atomic mass is 16.5. The van der Waals surface area contributed by atoms with Crippen LogP contribution in [0.4, 0.5) is 5.69 Å². The molecule has 2 aromatic carbocycles. The Morgan fingerprint density at radius 2 is 1.96 bits per heavy atom. The number of nitrogens with one attached hydrogen (secondary N) is 3. The summed E-state index contributed by atoms with van der Waals surface area (Å²) in [5, 5.41) is 6.28. The average Bonchev–Trinajstić information content (AvgIpc) is 3.13. The van der Waals surface area contributed by atoms with Crippen molar-refractivity contribution in [1.29, 1.82) is 0 Å². The van der Waals surface area contributed by atoms with Gasteiger partial charge in [0, 0.05) is 18.4 Å². The van der Waals surface area contributed by atoms with Gasteiger partial charge in [-0.05, 0) is 50.2 Å². The summed E-state index contributed by atoms with van der Waals surface area (Å²) in [6, 6.07) is 15.6. The van der Waals surface area contributed by atoms with Crippen molar-refractivity contribution in [2.75, 3.05) is 25.5 Å². The Morgan fingerprint density at radius 1 is 1.15 bits per heavy atom. The molecular formula is C20H22N4O2. The number of hydrogen-bond acceptors (Lipinski definition) is 4. The number of hydrogen-bond donors (Lipinski definition) is 3. The number of aromatic nitrogens is 2. The molecule has 1 aliphatic heterocycles. The molecule has 1 saturated heterocycles. The van der Waals surface area contributed by atoms with E-state index in [1.165, 1.54) is 0 Å². The normalized spacial score (nSPS) is 16.5. The monoisotopic (exact) mass is 350 g/mol. The van der Waals surface area contributed by atoms with Crippen molar-refractivity contribution in [2.45, 2.75) is 18.4 Å². The summed E-state index contributed by atoms with van der Waals surface area (Å²) >= 11 is 0. The van der Waals surface area contributed by atoms with Gasteiger partial charge in [0.05, 0.1) is 11.0 Å². The summed E-state index contributed by atoms with van der Waals surface area (Å²) in [6.07, 6.45) is 1.33. The number of carbonyl (C=O) groups excluding carboxylic acids is 1. The summed E-state index contributed by atoms with van der Waals surface area (Å²) < 4.78 is 5.60. The molecule has 6 nitrogen and oxygen atoms in total. The third-order valence-electron chi connectivity index (χ3n) is 5.00. The van der Waals surface area contributed by atoms with Crippen LogP contribution in [-0.2, 0) is 9.53 Å². The number of H-pyrrole nitrogens is 1. The lowest BCUT2D eigenvalue weighted by Crippen LogP contribution is -2.51. The van der Waals surface area contributed by atoms with Crippen LogP contribution in [0.15, 0.2) is 48.5 Å². The zero-order valence-corrected chi connectivity index (χ0v) is 14.7. The van der Waals surface area contributed by atoms with Crippen LogP contribution < -0.4 is 10.6 Å². The third-order valence-corrected chi connectivity index (χ3v) is 5.00. The number of fused-ring (bicyclic) bond motifs is 1. The number of amides is 1. The van der Waals surface area contributed by atoms with Crippen LogP contribution in [-0.4, -0.2) is 41.7 Å². The fourth-order valence-corrected chi connectivity index (χ4v) is 3.43. The summed E-state index contributed by atoms with van der Waals surface area (Å²) in [5.74, 6) is 0.689. The van der Waals surface area contributed by atoms with Crippen molar-refractivity contribution < 1.29 is 9.53 Å². The summed E-state index contributed by atoms with van der Waals surface area (Å²) in [7, 11) is 1.61. The van der Waals surface area contributed by atoms with Gasteiger partial charge in [-0.15, -0.1) is 0 Å². The summed E-state index contributed by atoms with van der Waals surface area (Å²) in [5.41, 5.74) is 2.81. The Bertz CT molecular complexity index is 895. The number of carbonyl (C=O) groups is 1. The molecule has 0 aliphatic carbocycles. The van der Waals surface area contributed by atoms with E-state index < -0.39 is 5.60 Å². The first-order valence-corrected chi connectivity index (χ1v) is 8.83. The minimum atomic E-state index is -0.763. The first-order valence-electron chi connectivity index (χ1n) is 8.83. The number of nitrogens with zero attached hydrogens (tertiary/aromatic N) is 1. The molecule has 0 saturated carbocycles. The first kappa shape index (κ1) is 16.8. The van der Waals surface area contributed by atoms with Gasteiger partial charge >= 0.3 is 0 Å². The molecular weight excluding hydrogens is 328 g/mol. The third kappa shape index (κ3) is 3.09. The fourth-order valence-electron chi connectivity index (χ4n) is 3.43. The topological polar surface area (TPSA) is 79.0 Å². The SMILES string of the molecule is COC1(C(=O)Nc2cccc(-c3nc4ccccc4[nH]3)c2)CCNCC1. The van der Waals surface area contributed by atoms with E-state index in [0.717, 1.165) is 41.2 Å². The smallest absolute Gasteiger partial charge is 0.256 e. The van der Waals surface area contributed by atoms with E-state index in [0.29, 0.717) is 12.8 Å². The van der Waals surface area contributed by atoms with E-state index in [-0.39, 0.29) is 5.91 Å². The van der Waals surface area contributed by atoms with Gasteiger partial charge < -0.3 is 20.4 Å². The van der Waals surface area contributed by atoms with Crippen LogP contribution in [0.1, 0.15) is 12.8 Å².